The molecule has 30 heavy (non-hydrogen) atoms. The van der Waals surface area contributed by atoms with Gasteiger partial charge >= 0.3 is 0 Å². The summed E-state index contributed by atoms with van der Waals surface area (Å²) in [5, 5.41) is 1.92. The predicted molar refractivity (Wildman–Crippen MR) is 117 cm³/mol. The molecule has 0 unspecified atom stereocenters. The van der Waals surface area contributed by atoms with Crippen LogP contribution in [0.25, 0.3) is 10.8 Å². The molecule has 3 aromatic rings. The van der Waals surface area contributed by atoms with Crippen LogP contribution in [0.5, 0.6) is 11.5 Å². The predicted octanol–water partition coefficient (Wildman–Crippen LogP) is 3.47. The van der Waals surface area contributed by atoms with E-state index in [1.807, 2.05) is 36.4 Å². The lowest BCUT2D eigenvalue weighted by atomic mass is 10.1. The first-order chi connectivity index (χ1) is 14.6. The summed E-state index contributed by atoms with van der Waals surface area (Å²) in [6, 6.07) is 18.4. The van der Waals surface area contributed by atoms with Gasteiger partial charge in [0.25, 0.3) is 11.8 Å². The third-order valence-electron chi connectivity index (χ3n) is 4.16. The third-order valence-corrected chi connectivity index (χ3v) is 4.65. The molecule has 3 rings (SSSR count). The van der Waals surface area contributed by atoms with Gasteiger partial charge in [0.05, 0.1) is 12.2 Å². The number of amides is 2. The van der Waals surface area contributed by atoms with Gasteiger partial charge in [0.1, 0.15) is 18.1 Å². The van der Waals surface area contributed by atoms with E-state index >= 15 is 0 Å². The topological polar surface area (TPSA) is 85.9 Å². The zero-order chi connectivity index (χ0) is 21.3. The van der Waals surface area contributed by atoms with Gasteiger partial charge in [0.2, 0.25) is 0 Å². The molecule has 0 aliphatic rings. The Balaban J connectivity index is 1.57. The van der Waals surface area contributed by atoms with Gasteiger partial charge in [-0.25, -0.2) is 0 Å². The number of hydrogen-bond donors (Lipinski definition) is 2. The lowest BCUT2D eigenvalue weighted by Gasteiger charge is -2.13. The lowest BCUT2D eigenvalue weighted by molar-refractivity contribution is -0.123. The van der Waals surface area contributed by atoms with E-state index in [2.05, 4.69) is 26.8 Å². The van der Waals surface area contributed by atoms with Crippen LogP contribution in [-0.4, -0.2) is 38.7 Å². The summed E-state index contributed by atoms with van der Waals surface area (Å²) < 4.78 is 16.8. The molecule has 0 atom stereocenters. The maximum atomic E-state index is 12.5. The molecule has 0 aliphatic heterocycles. The van der Waals surface area contributed by atoms with Crippen molar-refractivity contribution in [3.63, 3.8) is 0 Å². The van der Waals surface area contributed by atoms with E-state index in [0.717, 1.165) is 10.8 Å². The van der Waals surface area contributed by atoms with Crippen molar-refractivity contribution in [1.29, 1.82) is 0 Å². The van der Waals surface area contributed by atoms with Crippen LogP contribution in [0.3, 0.4) is 0 Å². The van der Waals surface area contributed by atoms with E-state index in [1.165, 1.54) is 0 Å². The Kier molecular flexibility index (Phi) is 7.64. The van der Waals surface area contributed by atoms with Crippen molar-refractivity contribution in [2.45, 2.75) is 0 Å². The Bertz CT molecular complexity index is 1040. The van der Waals surface area contributed by atoms with E-state index in [0.29, 0.717) is 29.2 Å². The number of halogens is 1. The Morgan fingerprint density at radius 2 is 1.70 bits per heavy atom. The monoisotopic (exact) mass is 472 g/mol. The van der Waals surface area contributed by atoms with Crippen molar-refractivity contribution in [3.8, 4) is 11.5 Å². The minimum absolute atomic E-state index is 0.246. The summed E-state index contributed by atoms with van der Waals surface area (Å²) in [7, 11) is 1.56. The van der Waals surface area contributed by atoms with Crippen molar-refractivity contribution < 1.29 is 23.8 Å². The SMILES string of the molecule is COCCOc1ccc(Br)cc1C(=O)NNC(=O)COc1cccc2ccccc12. The first-order valence-corrected chi connectivity index (χ1v) is 9.99. The highest BCUT2D eigenvalue weighted by molar-refractivity contribution is 9.10. The molecule has 2 amide bonds. The van der Waals surface area contributed by atoms with Gasteiger partial charge in [0.15, 0.2) is 6.61 Å². The van der Waals surface area contributed by atoms with Gasteiger partial charge in [-0.3, -0.25) is 20.4 Å². The second-order valence-corrected chi connectivity index (χ2v) is 7.17. The summed E-state index contributed by atoms with van der Waals surface area (Å²) in [4.78, 5) is 24.6. The summed E-state index contributed by atoms with van der Waals surface area (Å²) in [6.07, 6.45) is 0. The fourth-order valence-corrected chi connectivity index (χ4v) is 3.10. The Morgan fingerprint density at radius 1 is 0.900 bits per heavy atom. The fourth-order valence-electron chi connectivity index (χ4n) is 2.74. The van der Waals surface area contributed by atoms with Crippen LogP contribution in [0.15, 0.2) is 65.1 Å². The minimum Gasteiger partial charge on any atom is -0.490 e. The number of hydrazine groups is 1. The van der Waals surface area contributed by atoms with Gasteiger partial charge in [-0.15, -0.1) is 0 Å². The molecule has 0 radical (unpaired) electrons. The number of nitrogens with one attached hydrogen (secondary N) is 2. The Hall–Kier alpha value is -3.10. The normalized spacial score (nSPS) is 10.5. The number of benzene rings is 3. The van der Waals surface area contributed by atoms with Crippen LogP contribution in [0, 0.1) is 0 Å². The highest BCUT2D eigenvalue weighted by atomic mass is 79.9. The molecule has 7 nitrogen and oxygen atoms in total. The average molecular weight is 473 g/mol. The van der Waals surface area contributed by atoms with E-state index in [4.69, 9.17) is 14.2 Å². The number of ether oxygens (including phenoxy) is 3. The van der Waals surface area contributed by atoms with Crippen LogP contribution in [-0.2, 0) is 9.53 Å². The number of hydrogen-bond acceptors (Lipinski definition) is 5. The number of fused-ring (bicyclic) bond motifs is 1. The molecule has 3 aromatic carbocycles. The van der Waals surface area contributed by atoms with Gasteiger partial charge in [-0.2, -0.15) is 0 Å². The third kappa shape index (κ3) is 5.71. The summed E-state index contributed by atoms with van der Waals surface area (Å²) >= 11 is 3.33. The van der Waals surface area contributed by atoms with Crippen LogP contribution >= 0.6 is 15.9 Å². The molecule has 0 saturated carbocycles. The second kappa shape index (κ2) is 10.6. The molecule has 0 aliphatic carbocycles. The van der Waals surface area contributed by atoms with Crippen LogP contribution < -0.4 is 20.3 Å². The molecule has 0 spiro atoms. The smallest absolute Gasteiger partial charge is 0.276 e. The highest BCUT2D eigenvalue weighted by Crippen LogP contribution is 2.25. The number of rotatable bonds is 8. The molecule has 8 heteroatoms. The van der Waals surface area contributed by atoms with E-state index in [1.54, 1.807) is 31.4 Å². The van der Waals surface area contributed by atoms with Gasteiger partial charge < -0.3 is 14.2 Å². The first kappa shape index (κ1) is 21.6. The number of methoxy groups -OCH3 is 1. The van der Waals surface area contributed by atoms with Crippen molar-refractivity contribution in [2.24, 2.45) is 0 Å². The summed E-state index contributed by atoms with van der Waals surface area (Å²) in [5.41, 5.74) is 5.01. The summed E-state index contributed by atoms with van der Waals surface area (Å²) in [5.74, 6) is -0.0280. The first-order valence-electron chi connectivity index (χ1n) is 9.19. The quantitative estimate of drug-likeness (QED) is 0.387. The van der Waals surface area contributed by atoms with Crippen molar-refractivity contribution in [1.82, 2.24) is 10.9 Å². The van der Waals surface area contributed by atoms with Gasteiger partial charge in [-0.1, -0.05) is 52.3 Å². The molecule has 0 heterocycles. The minimum atomic E-state index is -0.512. The average Bonchev–Trinajstić information content (AvgIpc) is 2.77. The van der Waals surface area contributed by atoms with E-state index in [9.17, 15) is 9.59 Å². The van der Waals surface area contributed by atoms with Crippen LogP contribution in [0.1, 0.15) is 10.4 Å². The molecule has 0 fully saturated rings. The fraction of sp³-hybridized carbons (Fsp3) is 0.182. The molecule has 2 N–H and O–H groups in total. The maximum absolute atomic E-state index is 12.5. The molecular weight excluding hydrogens is 452 g/mol. The zero-order valence-electron chi connectivity index (χ0n) is 16.3. The van der Waals surface area contributed by atoms with Crippen molar-refractivity contribution in [3.05, 3.63) is 70.7 Å². The number of carbonyl (C=O) groups is 2. The van der Waals surface area contributed by atoms with Crippen LogP contribution in [0.2, 0.25) is 0 Å². The highest BCUT2D eigenvalue weighted by Gasteiger charge is 2.15. The van der Waals surface area contributed by atoms with E-state index in [-0.39, 0.29) is 12.2 Å². The van der Waals surface area contributed by atoms with Crippen molar-refractivity contribution in [2.75, 3.05) is 26.9 Å². The summed E-state index contributed by atoms with van der Waals surface area (Å²) in [6.45, 7) is 0.437. The lowest BCUT2D eigenvalue weighted by Crippen LogP contribution is -2.44. The Morgan fingerprint density at radius 3 is 2.53 bits per heavy atom. The Labute approximate surface area is 182 Å². The number of carbonyl (C=O) groups excluding carboxylic acids is 2. The van der Waals surface area contributed by atoms with E-state index < -0.39 is 11.8 Å². The molecule has 0 bridgehead atoms. The molecular formula is C22H21BrN2O5. The largest absolute Gasteiger partial charge is 0.490 e. The standard InChI is InChI=1S/C22H21BrN2O5/c1-28-11-12-29-20-10-9-16(23)13-18(20)22(27)25-24-21(26)14-30-19-8-4-6-15-5-2-3-7-17(15)19/h2-10,13H,11-12,14H2,1H3,(H,24,26)(H,25,27). The maximum Gasteiger partial charge on any atom is 0.276 e. The molecule has 156 valence electrons. The van der Waals surface area contributed by atoms with Crippen LogP contribution in [0.4, 0.5) is 0 Å². The zero-order valence-corrected chi connectivity index (χ0v) is 17.9. The van der Waals surface area contributed by atoms with Crippen molar-refractivity contribution >= 4 is 38.5 Å². The van der Waals surface area contributed by atoms with Gasteiger partial charge in [-0.05, 0) is 29.7 Å². The molecule has 0 aromatic heterocycles. The van der Waals surface area contributed by atoms with Gasteiger partial charge in [0, 0.05) is 17.0 Å². The molecule has 0 saturated heterocycles. The second-order valence-electron chi connectivity index (χ2n) is 6.25.